The van der Waals surface area contributed by atoms with E-state index in [2.05, 4.69) is 4.98 Å². The van der Waals surface area contributed by atoms with Crippen molar-refractivity contribution in [2.24, 2.45) is 0 Å². The number of carbonyl (C=O) groups is 1. The highest BCUT2D eigenvalue weighted by molar-refractivity contribution is 5.93. The number of fused-ring (bicyclic) bond motifs is 2. The molecule has 0 radical (unpaired) electrons. The van der Waals surface area contributed by atoms with Gasteiger partial charge < -0.3 is 18.5 Å². The number of aromatic nitrogens is 1. The fourth-order valence-electron chi connectivity index (χ4n) is 3.23. The molecule has 0 saturated heterocycles. The number of hydrogen-bond donors (Lipinski definition) is 0. The van der Waals surface area contributed by atoms with E-state index in [-0.39, 0.29) is 12.6 Å². The highest BCUT2D eigenvalue weighted by atomic mass is 16.5. The van der Waals surface area contributed by atoms with Gasteiger partial charge in [0.25, 0.3) is 0 Å². The molecule has 0 aliphatic rings. The zero-order valence-electron chi connectivity index (χ0n) is 17.1. The van der Waals surface area contributed by atoms with Crippen LogP contribution in [-0.2, 0) is 16.1 Å². The first-order valence-corrected chi connectivity index (χ1v) is 9.75. The summed E-state index contributed by atoms with van der Waals surface area (Å²) in [6.45, 7) is 1.91. The third-order valence-electron chi connectivity index (χ3n) is 4.81. The number of benzene rings is 2. The monoisotopic (exact) mass is 406 g/mol. The van der Waals surface area contributed by atoms with Gasteiger partial charge >= 0.3 is 11.6 Å². The van der Waals surface area contributed by atoms with Gasteiger partial charge in [0.15, 0.2) is 5.58 Å². The van der Waals surface area contributed by atoms with E-state index in [0.29, 0.717) is 46.4 Å². The van der Waals surface area contributed by atoms with Gasteiger partial charge in [-0.25, -0.2) is 9.78 Å². The summed E-state index contributed by atoms with van der Waals surface area (Å²) in [6.07, 6.45) is 1.04. The highest BCUT2D eigenvalue weighted by Crippen LogP contribution is 2.30. The van der Waals surface area contributed by atoms with Crippen molar-refractivity contribution in [1.82, 2.24) is 4.98 Å². The summed E-state index contributed by atoms with van der Waals surface area (Å²) in [5.74, 6) is 0.175. The molecule has 0 amide bonds. The molecule has 0 aliphatic carbocycles. The van der Waals surface area contributed by atoms with Crippen LogP contribution in [0.3, 0.4) is 0 Å². The van der Waals surface area contributed by atoms with Crippen molar-refractivity contribution in [2.75, 3.05) is 19.0 Å². The molecule has 2 aromatic carbocycles. The lowest BCUT2D eigenvalue weighted by atomic mass is 10.1. The van der Waals surface area contributed by atoms with Gasteiger partial charge in [0, 0.05) is 54.8 Å². The van der Waals surface area contributed by atoms with Gasteiger partial charge in [-0.05, 0) is 36.8 Å². The second-order valence-electron chi connectivity index (χ2n) is 7.28. The Hall–Kier alpha value is -3.61. The molecule has 4 rings (SSSR count). The van der Waals surface area contributed by atoms with E-state index < -0.39 is 5.63 Å². The number of ether oxygens (including phenoxy) is 1. The molecule has 7 nitrogen and oxygen atoms in total. The van der Waals surface area contributed by atoms with Crippen molar-refractivity contribution in [3.8, 4) is 11.5 Å². The van der Waals surface area contributed by atoms with Crippen molar-refractivity contribution < 1.29 is 18.4 Å². The van der Waals surface area contributed by atoms with Crippen LogP contribution in [0, 0.1) is 0 Å². The Morgan fingerprint density at radius 2 is 1.83 bits per heavy atom. The van der Waals surface area contributed by atoms with Gasteiger partial charge in [0.05, 0.1) is 0 Å². The standard InChI is InChI=1S/C23H22N2O5/c1-4-5-21(26)28-13-15-10-22(27)29-19-12-20-18(11-17(15)19)24-23(30-20)14-6-8-16(9-7-14)25(2)3/h6-12H,4-5,13H2,1-3H3. The summed E-state index contributed by atoms with van der Waals surface area (Å²) < 4.78 is 16.5. The third kappa shape index (κ3) is 3.91. The molecule has 0 aliphatic heterocycles. The summed E-state index contributed by atoms with van der Waals surface area (Å²) in [5.41, 5.74) is 3.49. The van der Waals surface area contributed by atoms with Crippen molar-refractivity contribution >= 4 is 33.7 Å². The lowest BCUT2D eigenvalue weighted by Crippen LogP contribution is -2.07. The SMILES string of the molecule is CCCC(=O)OCc1cc(=O)oc2cc3oc(-c4ccc(N(C)C)cc4)nc3cc12. The summed E-state index contributed by atoms with van der Waals surface area (Å²) in [6, 6.07) is 12.6. The lowest BCUT2D eigenvalue weighted by Gasteiger charge is -2.11. The molecule has 0 saturated carbocycles. The predicted molar refractivity (Wildman–Crippen MR) is 115 cm³/mol. The summed E-state index contributed by atoms with van der Waals surface area (Å²) >= 11 is 0. The first kappa shape index (κ1) is 19.7. The minimum Gasteiger partial charge on any atom is -0.461 e. The van der Waals surface area contributed by atoms with E-state index in [9.17, 15) is 9.59 Å². The minimum atomic E-state index is -0.512. The molecular formula is C23H22N2O5. The van der Waals surface area contributed by atoms with Gasteiger partial charge in [0.1, 0.15) is 17.7 Å². The number of nitrogens with zero attached hydrogens (tertiary/aromatic N) is 2. The zero-order chi connectivity index (χ0) is 21.3. The molecule has 154 valence electrons. The van der Waals surface area contributed by atoms with Crippen molar-refractivity contribution in [2.45, 2.75) is 26.4 Å². The first-order valence-electron chi connectivity index (χ1n) is 9.75. The second kappa shape index (κ2) is 8.02. The Labute approximate surface area is 172 Å². The van der Waals surface area contributed by atoms with Gasteiger partial charge in [-0.3, -0.25) is 4.79 Å². The van der Waals surface area contributed by atoms with Gasteiger partial charge in [0.2, 0.25) is 5.89 Å². The molecule has 7 heteroatoms. The van der Waals surface area contributed by atoms with Crippen LogP contribution >= 0.6 is 0 Å². The van der Waals surface area contributed by atoms with Crippen molar-refractivity contribution in [3.05, 3.63) is 58.4 Å². The van der Waals surface area contributed by atoms with Crippen LogP contribution in [0.15, 0.2) is 56.1 Å². The number of oxazole rings is 1. The van der Waals surface area contributed by atoms with Crippen LogP contribution in [0.2, 0.25) is 0 Å². The Balaban J connectivity index is 1.73. The molecule has 0 unspecified atom stereocenters. The van der Waals surface area contributed by atoms with Crippen LogP contribution in [0.25, 0.3) is 33.5 Å². The highest BCUT2D eigenvalue weighted by Gasteiger charge is 2.14. The maximum atomic E-state index is 12.0. The van der Waals surface area contributed by atoms with Crippen LogP contribution < -0.4 is 10.5 Å². The van der Waals surface area contributed by atoms with Crippen LogP contribution in [-0.4, -0.2) is 25.0 Å². The molecule has 0 atom stereocenters. The zero-order valence-corrected chi connectivity index (χ0v) is 17.1. The maximum absolute atomic E-state index is 12.0. The Morgan fingerprint density at radius 3 is 2.53 bits per heavy atom. The second-order valence-corrected chi connectivity index (χ2v) is 7.28. The fourth-order valence-corrected chi connectivity index (χ4v) is 3.23. The lowest BCUT2D eigenvalue weighted by molar-refractivity contribution is -0.144. The molecule has 0 fully saturated rings. The molecule has 0 spiro atoms. The van der Waals surface area contributed by atoms with Crippen LogP contribution in [0.1, 0.15) is 25.3 Å². The first-order chi connectivity index (χ1) is 14.4. The smallest absolute Gasteiger partial charge is 0.336 e. The van der Waals surface area contributed by atoms with E-state index in [1.54, 1.807) is 12.1 Å². The van der Waals surface area contributed by atoms with Crippen molar-refractivity contribution in [3.63, 3.8) is 0 Å². The average molecular weight is 406 g/mol. The molecule has 2 heterocycles. The number of carbonyl (C=O) groups excluding carboxylic acids is 1. The molecule has 0 N–H and O–H groups in total. The van der Waals surface area contributed by atoms with Gasteiger partial charge in [-0.1, -0.05) is 6.92 Å². The Morgan fingerprint density at radius 1 is 1.07 bits per heavy atom. The van der Waals surface area contributed by atoms with Gasteiger partial charge in [-0.2, -0.15) is 0 Å². The van der Waals surface area contributed by atoms with Crippen molar-refractivity contribution in [1.29, 1.82) is 0 Å². The summed E-state index contributed by atoms with van der Waals surface area (Å²) in [7, 11) is 3.95. The van der Waals surface area contributed by atoms with Gasteiger partial charge in [-0.15, -0.1) is 0 Å². The molecule has 2 aromatic heterocycles. The normalized spacial score (nSPS) is 11.2. The average Bonchev–Trinajstić information content (AvgIpc) is 3.13. The summed E-state index contributed by atoms with van der Waals surface area (Å²) in [4.78, 5) is 30.3. The van der Waals surface area contributed by atoms with Crippen LogP contribution in [0.5, 0.6) is 0 Å². The van der Waals surface area contributed by atoms with Crippen LogP contribution in [0.4, 0.5) is 5.69 Å². The maximum Gasteiger partial charge on any atom is 0.336 e. The van der Waals surface area contributed by atoms with E-state index in [1.807, 2.05) is 50.2 Å². The largest absolute Gasteiger partial charge is 0.461 e. The van der Waals surface area contributed by atoms with E-state index >= 15 is 0 Å². The van der Waals surface area contributed by atoms with E-state index in [1.165, 1.54) is 6.07 Å². The third-order valence-corrected chi connectivity index (χ3v) is 4.81. The molecular weight excluding hydrogens is 384 g/mol. The number of hydrogen-bond acceptors (Lipinski definition) is 7. The van der Waals surface area contributed by atoms with E-state index in [4.69, 9.17) is 13.6 Å². The number of rotatable bonds is 6. The number of anilines is 1. The van der Waals surface area contributed by atoms with E-state index in [0.717, 1.165) is 11.3 Å². The molecule has 0 bridgehead atoms. The predicted octanol–water partition coefficient (Wildman–Crippen LogP) is 4.51. The Kier molecular flexibility index (Phi) is 5.27. The molecule has 4 aromatic rings. The topological polar surface area (TPSA) is 85.8 Å². The fraction of sp³-hybridized carbons (Fsp3) is 0.261. The Bertz CT molecular complexity index is 1270. The molecule has 30 heavy (non-hydrogen) atoms. The minimum absolute atomic E-state index is 0.00312. The quantitative estimate of drug-likeness (QED) is 0.344. The number of esters is 1. The summed E-state index contributed by atoms with van der Waals surface area (Å²) in [5, 5.41) is 0.661.